The van der Waals surface area contributed by atoms with Gasteiger partial charge in [0.15, 0.2) is 11.6 Å². The van der Waals surface area contributed by atoms with Crippen LogP contribution in [0.1, 0.15) is 26.3 Å². The molecule has 1 aliphatic rings. The second kappa shape index (κ2) is 4.84. The molecule has 98 valence electrons. The first-order chi connectivity index (χ1) is 8.91. The molecule has 0 unspecified atom stereocenters. The van der Waals surface area contributed by atoms with Crippen LogP contribution in [0.25, 0.3) is 0 Å². The van der Waals surface area contributed by atoms with E-state index in [0.29, 0.717) is 28.7 Å². The molecule has 0 amide bonds. The SMILES string of the molecule is CC1=C(C)C(=O)C(Cc2ccc(O)cc2)=C(C)C1=O. The van der Waals surface area contributed by atoms with Crippen molar-refractivity contribution < 1.29 is 14.7 Å². The third-order valence-corrected chi connectivity index (χ3v) is 3.63. The highest BCUT2D eigenvalue weighted by Gasteiger charge is 2.27. The van der Waals surface area contributed by atoms with E-state index in [0.717, 1.165) is 5.56 Å². The summed E-state index contributed by atoms with van der Waals surface area (Å²) in [6.07, 6.45) is 0.418. The Labute approximate surface area is 112 Å². The van der Waals surface area contributed by atoms with Crippen LogP contribution in [0.3, 0.4) is 0 Å². The molecule has 1 aromatic rings. The van der Waals surface area contributed by atoms with Crippen molar-refractivity contribution in [3.63, 3.8) is 0 Å². The van der Waals surface area contributed by atoms with Crippen LogP contribution in [-0.4, -0.2) is 16.7 Å². The van der Waals surface area contributed by atoms with Crippen LogP contribution in [-0.2, 0) is 16.0 Å². The molecule has 3 nitrogen and oxygen atoms in total. The van der Waals surface area contributed by atoms with Crippen LogP contribution in [0.2, 0.25) is 0 Å². The van der Waals surface area contributed by atoms with Gasteiger partial charge in [0.05, 0.1) is 0 Å². The lowest BCUT2D eigenvalue weighted by Gasteiger charge is -2.18. The molecule has 2 rings (SSSR count). The first-order valence-corrected chi connectivity index (χ1v) is 6.16. The number of phenolic OH excluding ortho intramolecular Hbond substituents is 1. The number of carbonyl (C=O) groups excluding carboxylic acids is 2. The molecule has 0 spiro atoms. The minimum absolute atomic E-state index is 0.0501. The highest BCUT2D eigenvalue weighted by Crippen LogP contribution is 2.26. The summed E-state index contributed by atoms with van der Waals surface area (Å²) in [5.41, 5.74) is 3.06. The number of allylic oxidation sites excluding steroid dienone is 4. The zero-order valence-corrected chi connectivity index (χ0v) is 11.3. The van der Waals surface area contributed by atoms with Crippen molar-refractivity contribution in [2.24, 2.45) is 0 Å². The van der Waals surface area contributed by atoms with Gasteiger partial charge in [-0.2, -0.15) is 0 Å². The average Bonchev–Trinajstić information content (AvgIpc) is 2.41. The van der Waals surface area contributed by atoms with Gasteiger partial charge >= 0.3 is 0 Å². The number of carbonyl (C=O) groups is 2. The van der Waals surface area contributed by atoms with Gasteiger partial charge in [-0.05, 0) is 38.5 Å². The molecule has 0 radical (unpaired) electrons. The Balaban J connectivity index is 2.37. The summed E-state index contributed by atoms with van der Waals surface area (Å²) in [5.74, 6) is 0.0842. The fraction of sp³-hybridized carbons (Fsp3) is 0.250. The Bertz CT molecular complexity index is 616. The standard InChI is InChI=1S/C16H16O3/c1-9-10(2)16(19)14(11(3)15(9)18)8-12-4-6-13(17)7-5-12/h4-7,17H,8H2,1-3H3. The molecule has 0 aromatic heterocycles. The molecule has 1 N–H and O–H groups in total. The minimum Gasteiger partial charge on any atom is -0.508 e. The molecule has 19 heavy (non-hydrogen) atoms. The summed E-state index contributed by atoms with van der Waals surface area (Å²) in [4.78, 5) is 24.3. The predicted octanol–water partition coefficient (Wildman–Crippen LogP) is 2.74. The second-order valence-corrected chi connectivity index (χ2v) is 4.86. The Hall–Kier alpha value is -2.16. The van der Waals surface area contributed by atoms with Crippen LogP contribution in [0.15, 0.2) is 46.6 Å². The maximum Gasteiger partial charge on any atom is 0.185 e. The van der Waals surface area contributed by atoms with E-state index in [1.54, 1.807) is 45.0 Å². The van der Waals surface area contributed by atoms with Gasteiger partial charge in [-0.25, -0.2) is 0 Å². The van der Waals surface area contributed by atoms with Crippen LogP contribution < -0.4 is 0 Å². The molecular formula is C16H16O3. The Morgan fingerprint density at radius 2 is 1.37 bits per heavy atom. The quantitative estimate of drug-likeness (QED) is 0.828. The molecule has 0 aliphatic heterocycles. The lowest BCUT2D eigenvalue weighted by atomic mass is 9.83. The zero-order chi connectivity index (χ0) is 14.2. The van der Waals surface area contributed by atoms with Crippen molar-refractivity contribution in [1.29, 1.82) is 0 Å². The highest BCUT2D eigenvalue weighted by molar-refractivity contribution is 6.24. The molecular weight excluding hydrogens is 240 g/mol. The summed E-state index contributed by atoms with van der Waals surface area (Å²) in [5, 5.41) is 9.24. The van der Waals surface area contributed by atoms with Gasteiger partial charge in [0.2, 0.25) is 0 Å². The van der Waals surface area contributed by atoms with Crippen molar-refractivity contribution in [2.45, 2.75) is 27.2 Å². The number of aromatic hydroxyl groups is 1. The van der Waals surface area contributed by atoms with Gasteiger partial charge in [0.1, 0.15) is 5.75 Å². The molecule has 1 aromatic carbocycles. The number of benzene rings is 1. The summed E-state index contributed by atoms with van der Waals surface area (Å²) in [7, 11) is 0. The van der Waals surface area contributed by atoms with E-state index in [1.165, 1.54) is 0 Å². The zero-order valence-electron chi connectivity index (χ0n) is 11.3. The van der Waals surface area contributed by atoms with Crippen molar-refractivity contribution >= 4 is 11.6 Å². The Kier molecular flexibility index (Phi) is 3.38. The number of ketones is 2. The third-order valence-electron chi connectivity index (χ3n) is 3.63. The van der Waals surface area contributed by atoms with Gasteiger partial charge in [0.25, 0.3) is 0 Å². The molecule has 0 saturated heterocycles. The van der Waals surface area contributed by atoms with E-state index >= 15 is 0 Å². The molecule has 1 aliphatic carbocycles. The van der Waals surface area contributed by atoms with Crippen LogP contribution in [0.5, 0.6) is 5.75 Å². The highest BCUT2D eigenvalue weighted by atomic mass is 16.3. The smallest absolute Gasteiger partial charge is 0.185 e. The molecule has 0 atom stereocenters. The summed E-state index contributed by atoms with van der Waals surface area (Å²) >= 11 is 0. The first kappa shape index (κ1) is 13.3. The van der Waals surface area contributed by atoms with E-state index < -0.39 is 0 Å². The molecule has 0 fully saturated rings. The second-order valence-electron chi connectivity index (χ2n) is 4.86. The first-order valence-electron chi connectivity index (χ1n) is 6.16. The summed E-state index contributed by atoms with van der Waals surface area (Å²) in [6.45, 7) is 5.08. The fourth-order valence-corrected chi connectivity index (χ4v) is 2.19. The van der Waals surface area contributed by atoms with Crippen molar-refractivity contribution in [1.82, 2.24) is 0 Å². The van der Waals surface area contributed by atoms with Crippen molar-refractivity contribution in [3.05, 3.63) is 52.1 Å². The van der Waals surface area contributed by atoms with E-state index in [2.05, 4.69) is 0 Å². The molecule has 3 heteroatoms. The Morgan fingerprint density at radius 1 is 0.842 bits per heavy atom. The fourth-order valence-electron chi connectivity index (χ4n) is 2.19. The van der Waals surface area contributed by atoms with E-state index in [9.17, 15) is 14.7 Å². The number of hydrogen-bond donors (Lipinski definition) is 1. The largest absolute Gasteiger partial charge is 0.508 e. The van der Waals surface area contributed by atoms with Gasteiger partial charge in [0, 0.05) is 28.7 Å². The van der Waals surface area contributed by atoms with E-state index in [4.69, 9.17) is 0 Å². The number of phenols is 1. The summed E-state index contributed by atoms with van der Waals surface area (Å²) < 4.78 is 0. The summed E-state index contributed by atoms with van der Waals surface area (Å²) in [6, 6.07) is 6.67. The third kappa shape index (κ3) is 2.36. The average molecular weight is 256 g/mol. The molecule has 0 bridgehead atoms. The van der Waals surface area contributed by atoms with Gasteiger partial charge < -0.3 is 5.11 Å². The van der Waals surface area contributed by atoms with Crippen LogP contribution >= 0.6 is 0 Å². The molecule has 0 saturated carbocycles. The topological polar surface area (TPSA) is 54.4 Å². The van der Waals surface area contributed by atoms with Crippen LogP contribution in [0.4, 0.5) is 0 Å². The van der Waals surface area contributed by atoms with Crippen LogP contribution in [0, 0.1) is 0 Å². The number of Topliss-reactive ketones (excluding diaryl/α,β-unsaturated/α-hetero) is 2. The van der Waals surface area contributed by atoms with Gasteiger partial charge in [-0.3, -0.25) is 9.59 Å². The maximum atomic E-state index is 12.2. The normalized spacial score (nSPS) is 16.4. The maximum absolute atomic E-state index is 12.2. The van der Waals surface area contributed by atoms with E-state index in [1.807, 2.05) is 0 Å². The lowest BCUT2D eigenvalue weighted by molar-refractivity contribution is -0.116. The van der Waals surface area contributed by atoms with E-state index in [-0.39, 0.29) is 17.3 Å². The minimum atomic E-state index is -0.0531. The molecule has 0 heterocycles. The predicted molar refractivity (Wildman–Crippen MR) is 72.9 cm³/mol. The lowest BCUT2D eigenvalue weighted by Crippen LogP contribution is -2.21. The monoisotopic (exact) mass is 256 g/mol. The van der Waals surface area contributed by atoms with Crippen molar-refractivity contribution in [3.8, 4) is 5.75 Å². The van der Waals surface area contributed by atoms with Gasteiger partial charge in [-0.15, -0.1) is 0 Å². The number of rotatable bonds is 2. The Morgan fingerprint density at radius 3 is 1.95 bits per heavy atom. The van der Waals surface area contributed by atoms with Gasteiger partial charge in [-0.1, -0.05) is 12.1 Å². The van der Waals surface area contributed by atoms with Crippen molar-refractivity contribution in [2.75, 3.05) is 0 Å². The number of hydrogen-bond acceptors (Lipinski definition) is 3.